The number of carbonyl (C=O) groups excluding carboxylic acids is 2. The first kappa shape index (κ1) is 20.8. The second-order valence-electron chi connectivity index (χ2n) is 9.03. The van der Waals surface area contributed by atoms with Gasteiger partial charge in [0.2, 0.25) is 0 Å². The maximum absolute atomic E-state index is 13.3. The minimum Gasteiger partial charge on any atom is -0.348 e. The molecule has 3 fully saturated rings. The number of piperidine rings is 2. The van der Waals surface area contributed by atoms with Crippen LogP contribution >= 0.6 is 11.8 Å². The van der Waals surface area contributed by atoms with E-state index in [1.807, 2.05) is 17.0 Å². The molecule has 31 heavy (non-hydrogen) atoms. The Labute approximate surface area is 187 Å². The maximum atomic E-state index is 13.3. The molecule has 5 rings (SSSR count). The Bertz CT molecular complexity index is 913. The third-order valence-corrected chi connectivity index (χ3v) is 7.97. The van der Waals surface area contributed by atoms with Gasteiger partial charge in [-0.3, -0.25) is 14.7 Å². The summed E-state index contributed by atoms with van der Waals surface area (Å²) >= 11 is 1.56. The molecule has 4 atom stereocenters. The summed E-state index contributed by atoms with van der Waals surface area (Å²) in [5.74, 6) is 0.288. The first-order chi connectivity index (χ1) is 15.0. The number of nitrogens with zero attached hydrogens (tertiary/aromatic N) is 2. The van der Waals surface area contributed by atoms with Gasteiger partial charge in [0.05, 0.1) is 16.3 Å². The molecule has 9 heteroatoms. The Balaban J connectivity index is 1.43. The highest BCUT2D eigenvalue weighted by atomic mass is 32.2. The second kappa shape index (κ2) is 8.44. The molecule has 3 unspecified atom stereocenters. The summed E-state index contributed by atoms with van der Waals surface area (Å²) in [4.78, 5) is 33.4. The Kier molecular flexibility index (Phi) is 5.66. The number of pyridine rings is 1. The summed E-state index contributed by atoms with van der Waals surface area (Å²) < 4.78 is 0. The average molecular weight is 443 g/mol. The van der Waals surface area contributed by atoms with Crippen LogP contribution < -0.4 is 26.2 Å². The maximum Gasteiger partial charge on any atom is 0.326 e. The number of aromatic nitrogens is 1. The zero-order valence-corrected chi connectivity index (χ0v) is 18.8. The SMILES string of the molecule is CC(C)c1cc(N2C(=O)NC3=C(C(=O)N[C@@H]4CCCNC4)SC4NCCC2C34)ccn1. The molecular weight excluding hydrogens is 412 g/mol. The molecule has 1 aromatic rings. The van der Waals surface area contributed by atoms with Crippen LogP contribution in [0.4, 0.5) is 10.5 Å². The number of hydrogen-bond acceptors (Lipinski definition) is 6. The fourth-order valence-electron chi connectivity index (χ4n) is 5.05. The number of anilines is 1. The molecule has 1 aromatic heterocycles. The molecule has 0 saturated carbocycles. The smallest absolute Gasteiger partial charge is 0.326 e. The lowest BCUT2D eigenvalue weighted by molar-refractivity contribution is -0.117. The Morgan fingerprint density at radius 2 is 2.19 bits per heavy atom. The van der Waals surface area contributed by atoms with E-state index < -0.39 is 0 Å². The normalized spacial score (nSPS) is 30.3. The second-order valence-corrected chi connectivity index (χ2v) is 10.2. The summed E-state index contributed by atoms with van der Waals surface area (Å²) in [6.45, 7) is 6.82. The van der Waals surface area contributed by atoms with Crippen molar-refractivity contribution in [2.24, 2.45) is 5.92 Å². The third-order valence-electron chi connectivity index (χ3n) is 6.61. The highest BCUT2D eigenvalue weighted by Crippen LogP contribution is 2.48. The Morgan fingerprint density at radius 3 is 2.97 bits per heavy atom. The van der Waals surface area contributed by atoms with E-state index in [0.717, 1.165) is 56.0 Å². The van der Waals surface area contributed by atoms with E-state index in [1.54, 1.807) is 18.0 Å². The minimum absolute atomic E-state index is 0.0200. The van der Waals surface area contributed by atoms with E-state index in [0.29, 0.717) is 4.91 Å². The standard InChI is InChI=1S/C22H30N6O2S/c1-12(2)15-10-14(5-8-24-15)28-16-6-9-25-21-17(16)18(27-22(28)30)19(31-21)20(29)26-13-4-3-7-23-11-13/h5,8,10,12-13,16-17,21,23,25H,3-4,6-7,9,11H2,1-2H3,(H,26,29)(H,27,30)/t13-,16?,17?,21?/m1/s1. The van der Waals surface area contributed by atoms with Crippen LogP contribution in [0.2, 0.25) is 0 Å². The first-order valence-electron chi connectivity index (χ1n) is 11.2. The molecule has 166 valence electrons. The van der Waals surface area contributed by atoms with Crippen LogP contribution in [0.5, 0.6) is 0 Å². The lowest BCUT2D eigenvalue weighted by atomic mass is 9.86. The number of carbonyl (C=O) groups is 2. The Hall–Kier alpha value is -2.10. The third kappa shape index (κ3) is 3.83. The van der Waals surface area contributed by atoms with Gasteiger partial charge >= 0.3 is 6.03 Å². The quantitative estimate of drug-likeness (QED) is 0.568. The van der Waals surface area contributed by atoms with Crippen LogP contribution in [-0.4, -0.2) is 54.0 Å². The number of hydrogen-bond donors (Lipinski definition) is 4. The zero-order chi connectivity index (χ0) is 21.5. The van der Waals surface area contributed by atoms with Gasteiger partial charge in [0.25, 0.3) is 5.91 Å². The molecule has 4 aliphatic rings. The minimum atomic E-state index is -0.162. The molecule has 8 nitrogen and oxygen atoms in total. The number of urea groups is 1. The molecule has 0 spiro atoms. The van der Waals surface area contributed by atoms with Crippen molar-refractivity contribution in [1.82, 2.24) is 26.3 Å². The fourth-order valence-corrected chi connectivity index (χ4v) is 6.45. The van der Waals surface area contributed by atoms with Gasteiger partial charge in [0, 0.05) is 41.8 Å². The van der Waals surface area contributed by atoms with Crippen molar-refractivity contribution < 1.29 is 9.59 Å². The molecule has 0 aliphatic carbocycles. The van der Waals surface area contributed by atoms with Crippen LogP contribution in [-0.2, 0) is 4.79 Å². The van der Waals surface area contributed by atoms with E-state index in [4.69, 9.17) is 0 Å². The van der Waals surface area contributed by atoms with Crippen molar-refractivity contribution >= 4 is 29.4 Å². The van der Waals surface area contributed by atoms with Gasteiger partial charge in [-0.15, -0.1) is 0 Å². The van der Waals surface area contributed by atoms with E-state index >= 15 is 0 Å². The van der Waals surface area contributed by atoms with E-state index in [9.17, 15) is 9.59 Å². The summed E-state index contributed by atoms with van der Waals surface area (Å²) in [6, 6.07) is 3.92. The summed E-state index contributed by atoms with van der Waals surface area (Å²) in [7, 11) is 0. The molecule has 3 saturated heterocycles. The van der Waals surface area contributed by atoms with Gasteiger partial charge in [-0.2, -0.15) is 0 Å². The number of nitrogens with one attached hydrogen (secondary N) is 4. The topological polar surface area (TPSA) is 98.4 Å². The van der Waals surface area contributed by atoms with Gasteiger partial charge in [-0.25, -0.2) is 4.79 Å². The van der Waals surface area contributed by atoms with Gasteiger partial charge in [0.15, 0.2) is 0 Å². The van der Waals surface area contributed by atoms with Gasteiger partial charge in [-0.1, -0.05) is 25.6 Å². The molecular formula is C22H30N6O2S. The summed E-state index contributed by atoms with van der Waals surface area (Å²) in [5.41, 5.74) is 2.63. The van der Waals surface area contributed by atoms with Gasteiger partial charge < -0.3 is 21.3 Å². The molecule has 0 bridgehead atoms. The fraction of sp³-hybridized carbons (Fsp3) is 0.591. The van der Waals surface area contributed by atoms with Crippen molar-refractivity contribution in [1.29, 1.82) is 0 Å². The van der Waals surface area contributed by atoms with E-state index in [1.165, 1.54) is 0 Å². The first-order valence-corrected chi connectivity index (χ1v) is 12.1. The molecule has 4 N–H and O–H groups in total. The zero-order valence-electron chi connectivity index (χ0n) is 18.0. The van der Waals surface area contributed by atoms with Crippen LogP contribution in [0, 0.1) is 5.92 Å². The van der Waals surface area contributed by atoms with Crippen molar-refractivity contribution in [2.45, 2.75) is 56.5 Å². The summed E-state index contributed by atoms with van der Waals surface area (Å²) in [6.07, 6.45) is 4.68. The van der Waals surface area contributed by atoms with Crippen LogP contribution in [0.3, 0.4) is 0 Å². The van der Waals surface area contributed by atoms with Gasteiger partial charge in [-0.05, 0) is 50.4 Å². The van der Waals surface area contributed by atoms with Crippen molar-refractivity contribution in [2.75, 3.05) is 24.5 Å². The molecule has 5 heterocycles. The molecule has 0 radical (unpaired) electrons. The van der Waals surface area contributed by atoms with Crippen molar-refractivity contribution in [3.63, 3.8) is 0 Å². The van der Waals surface area contributed by atoms with Gasteiger partial charge in [0.1, 0.15) is 0 Å². The average Bonchev–Trinajstić information content (AvgIpc) is 3.14. The monoisotopic (exact) mass is 442 g/mol. The lowest BCUT2D eigenvalue weighted by Crippen LogP contribution is -2.62. The van der Waals surface area contributed by atoms with Crippen molar-refractivity contribution in [3.05, 3.63) is 34.6 Å². The number of amides is 3. The van der Waals surface area contributed by atoms with Crippen LogP contribution in [0.25, 0.3) is 0 Å². The lowest BCUT2D eigenvalue weighted by Gasteiger charge is -2.45. The molecule has 3 amide bonds. The van der Waals surface area contributed by atoms with Crippen LogP contribution in [0.1, 0.15) is 44.7 Å². The predicted octanol–water partition coefficient (Wildman–Crippen LogP) is 1.87. The summed E-state index contributed by atoms with van der Waals surface area (Å²) in [5, 5.41) is 13.2. The van der Waals surface area contributed by atoms with Crippen molar-refractivity contribution in [3.8, 4) is 0 Å². The number of rotatable bonds is 4. The predicted molar refractivity (Wildman–Crippen MR) is 122 cm³/mol. The highest BCUT2D eigenvalue weighted by molar-refractivity contribution is 8.04. The molecule has 0 aromatic carbocycles. The van der Waals surface area contributed by atoms with E-state index in [-0.39, 0.29) is 41.2 Å². The Morgan fingerprint density at radius 1 is 1.32 bits per heavy atom. The van der Waals surface area contributed by atoms with E-state index in [2.05, 4.69) is 40.1 Å². The highest BCUT2D eigenvalue weighted by Gasteiger charge is 2.51. The molecule has 4 aliphatic heterocycles. The number of thioether (sulfide) groups is 1. The largest absolute Gasteiger partial charge is 0.348 e. The van der Waals surface area contributed by atoms with Crippen LogP contribution in [0.15, 0.2) is 28.9 Å².